The van der Waals surface area contributed by atoms with Crippen molar-refractivity contribution < 1.29 is 4.74 Å². The van der Waals surface area contributed by atoms with Gasteiger partial charge in [-0.1, -0.05) is 12.1 Å². The van der Waals surface area contributed by atoms with Gasteiger partial charge in [0.25, 0.3) is 0 Å². The predicted octanol–water partition coefficient (Wildman–Crippen LogP) is 1.46. The van der Waals surface area contributed by atoms with Crippen LogP contribution in [0.2, 0.25) is 0 Å². The average molecular weight is 260 g/mol. The Labute approximate surface area is 113 Å². The molecule has 0 fully saturated rings. The van der Waals surface area contributed by atoms with Crippen molar-refractivity contribution >= 4 is 0 Å². The van der Waals surface area contributed by atoms with Gasteiger partial charge in [-0.3, -0.25) is 0 Å². The van der Waals surface area contributed by atoms with Gasteiger partial charge in [-0.05, 0) is 24.1 Å². The highest BCUT2D eigenvalue weighted by Crippen LogP contribution is 2.18. The Hall–Kier alpha value is -1.88. The molecule has 0 amide bonds. The maximum absolute atomic E-state index is 5.25. The van der Waals surface area contributed by atoms with E-state index in [0.717, 1.165) is 36.6 Å². The zero-order valence-electron chi connectivity index (χ0n) is 11.7. The summed E-state index contributed by atoms with van der Waals surface area (Å²) in [6.07, 6.45) is 2.60. The van der Waals surface area contributed by atoms with Gasteiger partial charge in [0, 0.05) is 26.6 Å². The Morgan fingerprint density at radius 3 is 2.84 bits per heavy atom. The van der Waals surface area contributed by atoms with Crippen molar-refractivity contribution in [2.45, 2.75) is 19.9 Å². The van der Waals surface area contributed by atoms with Gasteiger partial charge < -0.3 is 14.6 Å². The van der Waals surface area contributed by atoms with E-state index in [1.807, 2.05) is 17.7 Å². The number of nitrogens with one attached hydrogen (secondary N) is 1. The Kier molecular flexibility index (Phi) is 4.52. The van der Waals surface area contributed by atoms with Crippen molar-refractivity contribution in [1.82, 2.24) is 20.1 Å². The van der Waals surface area contributed by atoms with E-state index < -0.39 is 0 Å². The first-order valence-electron chi connectivity index (χ1n) is 6.38. The van der Waals surface area contributed by atoms with E-state index in [0.29, 0.717) is 0 Å². The average Bonchev–Trinajstić information content (AvgIpc) is 2.80. The van der Waals surface area contributed by atoms with Crippen LogP contribution in [0.25, 0.3) is 0 Å². The lowest BCUT2D eigenvalue weighted by molar-refractivity contribution is 0.411. The van der Waals surface area contributed by atoms with E-state index in [4.69, 9.17) is 4.74 Å². The molecule has 0 unspecified atom stereocenters. The van der Waals surface area contributed by atoms with E-state index in [9.17, 15) is 0 Å². The smallest absolute Gasteiger partial charge is 0.133 e. The highest BCUT2D eigenvalue weighted by atomic mass is 16.5. The highest BCUT2D eigenvalue weighted by Gasteiger charge is 2.01. The van der Waals surface area contributed by atoms with Crippen LogP contribution < -0.4 is 10.1 Å². The number of nitrogens with zero attached hydrogens (tertiary/aromatic N) is 3. The van der Waals surface area contributed by atoms with Crippen molar-refractivity contribution in [3.8, 4) is 5.75 Å². The highest BCUT2D eigenvalue weighted by molar-refractivity contribution is 5.36. The summed E-state index contributed by atoms with van der Waals surface area (Å²) in [5.74, 6) is 1.93. The number of aryl methyl sites for hydroxylation is 2. The van der Waals surface area contributed by atoms with Crippen molar-refractivity contribution in [2.75, 3.05) is 13.7 Å². The van der Waals surface area contributed by atoms with Crippen LogP contribution in [0.15, 0.2) is 24.5 Å². The molecule has 0 aliphatic rings. The fourth-order valence-electron chi connectivity index (χ4n) is 2.02. The predicted molar refractivity (Wildman–Crippen MR) is 74.1 cm³/mol. The topological polar surface area (TPSA) is 52.0 Å². The van der Waals surface area contributed by atoms with Gasteiger partial charge in [0.2, 0.25) is 0 Å². The van der Waals surface area contributed by atoms with Crippen LogP contribution in [0.3, 0.4) is 0 Å². The summed E-state index contributed by atoms with van der Waals surface area (Å²) < 4.78 is 7.19. The first-order valence-corrected chi connectivity index (χ1v) is 6.38. The van der Waals surface area contributed by atoms with E-state index in [-0.39, 0.29) is 0 Å². The minimum absolute atomic E-state index is 0.850. The standard InChI is InChI=1S/C14H20N4O/c1-11-8-12(4-5-13(11)19-3)9-15-7-6-14-17-16-10-18(14)2/h4-5,8,10,15H,6-7,9H2,1-3H3. The molecule has 0 saturated heterocycles. The Morgan fingerprint density at radius 2 is 2.21 bits per heavy atom. The number of benzene rings is 1. The molecule has 2 aromatic rings. The van der Waals surface area contributed by atoms with Crippen LogP contribution in [-0.4, -0.2) is 28.4 Å². The van der Waals surface area contributed by atoms with E-state index >= 15 is 0 Å². The molecule has 0 aliphatic heterocycles. The van der Waals surface area contributed by atoms with E-state index in [2.05, 4.69) is 34.6 Å². The summed E-state index contributed by atoms with van der Waals surface area (Å²) in [6.45, 7) is 3.79. The molecule has 0 bridgehead atoms. The Balaban J connectivity index is 1.80. The first-order chi connectivity index (χ1) is 9.20. The van der Waals surface area contributed by atoms with Crippen molar-refractivity contribution in [3.63, 3.8) is 0 Å². The van der Waals surface area contributed by atoms with Gasteiger partial charge in [0.1, 0.15) is 17.9 Å². The molecule has 0 radical (unpaired) electrons. The number of hydrogen-bond acceptors (Lipinski definition) is 4. The van der Waals surface area contributed by atoms with Crippen LogP contribution in [-0.2, 0) is 20.0 Å². The minimum atomic E-state index is 0.850. The molecule has 0 atom stereocenters. The zero-order valence-corrected chi connectivity index (χ0v) is 11.7. The molecule has 0 aliphatic carbocycles. The second kappa shape index (κ2) is 6.33. The van der Waals surface area contributed by atoms with Gasteiger partial charge in [0.15, 0.2) is 0 Å². The monoisotopic (exact) mass is 260 g/mol. The van der Waals surface area contributed by atoms with E-state index in [1.54, 1.807) is 13.4 Å². The summed E-state index contributed by atoms with van der Waals surface area (Å²) in [4.78, 5) is 0. The number of rotatable bonds is 6. The third-order valence-electron chi connectivity index (χ3n) is 3.12. The summed E-state index contributed by atoms with van der Waals surface area (Å²) in [5.41, 5.74) is 2.42. The molecule has 1 aromatic carbocycles. The molecule has 5 nitrogen and oxygen atoms in total. The first kappa shape index (κ1) is 13.5. The van der Waals surface area contributed by atoms with Crippen LogP contribution in [0.5, 0.6) is 5.75 Å². The van der Waals surface area contributed by atoms with Gasteiger partial charge in [-0.25, -0.2) is 0 Å². The van der Waals surface area contributed by atoms with Crippen LogP contribution >= 0.6 is 0 Å². The number of hydrogen-bond donors (Lipinski definition) is 1. The molecule has 1 heterocycles. The Bertz CT molecular complexity index is 536. The number of methoxy groups -OCH3 is 1. The summed E-state index contributed by atoms with van der Waals surface area (Å²) >= 11 is 0. The van der Waals surface area contributed by atoms with Crippen LogP contribution in [0, 0.1) is 6.92 Å². The molecule has 102 valence electrons. The molecule has 1 aromatic heterocycles. The second-order valence-corrected chi connectivity index (χ2v) is 4.59. The molecule has 0 saturated carbocycles. The molecular weight excluding hydrogens is 240 g/mol. The van der Waals surface area contributed by atoms with Crippen molar-refractivity contribution in [2.24, 2.45) is 7.05 Å². The molecule has 2 rings (SSSR count). The van der Waals surface area contributed by atoms with Crippen LogP contribution in [0.1, 0.15) is 17.0 Å². The van der Waals surface area contributed by atoms with Gasteiger partial charge in [0.05, 0.1) is 7.11 Å². The normalized spacial score (nSPS) is 10.7. The Morgan fingerprint density at radius 1 is 1.37 bits per heavy atom. The second-order valence-electron chi connectivity index (χ2n) is 4.59. The lowest BCUT2D eigenvalue weighted by atomic mass is 10.1. The zero-order chi connectivity index (χ0) is 13.7. The molecule has 1 N–H and O–H groups in total. The quantitative estimate of drug-likeness (QED) is 0.799. The van der Waals surface area contributed by atoms with Gasteiger partial charge >= 0.3 is 0 Å². The third-order valence-corrected chi connectivity index (χ3v) is 3.12. The van der Waals surface area contributed by atoms with Crippen molar-refractivity contribution in [3.05, 3.63) is 41.5 Å². The molecule has 0 spiro atoms. The number of aromatic nitrogens is 3. The van der Waals surface area contributed by atoms with Crippen LogP contribution in [0.4, 0.5) is 0 Å². The van der Waals surface area contributed by atoms with Crippen molar-refractivity contribution in [1.29, 1.82) is 0 Å². The third kappa shape index (κ3) is 3.54. The van der Waals surface area contributed by atoms with Gasteiger partial charge in [-0.2, -0.15) is 0 Å². The fraction of sp³-hybridized carbons (Fsp3) is 0.429. The largest absolute Gasteiger partial charge is 0.496 e. The lowest BCUT2D eigenvalue weighted by Crippen LogP contribution is -2.18. The summed E-state index contributed by atoms with van der Waals surface area (Å²) in [6, 6.07) is 6.24. The summed E-state index contributed by atoms with van der Waals surface area (Å²) in [5, 5.41) is 11.3. The van der Waals surface area contributed by atoms with E-state index in [1.165, 1.54) is 5.56 Å². The minimum Gasteiger partial charge on any atom is -0.496 e. The summed E-state index contributed by atoms with van der Waals surface area (Å²) in [7, 11) is 3.66. The maximum atomic E-state index is 5.25. The molecular formula is C14H20N4O. The fourth-order valence-corrected chi connectivity index (χ4v) is 2.02. The van der Waals surface area contributed by atoms with Gasteiger partial charge in [-0.15, -0.1) is 10.2 Å². The molecule has 5 heteroatoms. The maximum Gasteiger partial charge on any atom is 0.133 e. The SMILES string of the molecule is COc1ccc(CNCCc2nncn2C)cc1C. The number of ether oxygens (including phenoxy) is 1. The molecule has 19 heavy (non-hydrogen) atoms. The lowest BCUT2D eigenvalue weighted by Gasteiger charge is -2.08.